The van der Waals surface area contributed by atoms with E-state index < -0.39 is 17.7 Å². The van der Waals surface area contributed by atoms with Gasteiger partial charge in [0.1, 0.15) is 0 Å². The van der Waals surface area contributed by atoms with Crippen molar-refractivity contribution in [3.05, 3.63) is 34.3 Å². The molecule has 0 atom stereocenters. The average molecular weight is 391 g/mol. The van der Waals surface area contributed by atoms with E-state index in [1.807, 2.05) is 4.90 Å². The van der Waals surface area contributed by atoms with Crippen LogP contribution >= 0.6 is 11.6 Å². The molecule has 4 nitrogen and oxygen atoms in total. The Bertz CT molecular complexity index is 658. The van der Waals surface area contributed by atoms with Crippen molar-refractivity contribution >= 4 is 17.6 Å². The van der Waals surface area contributed by atoms with E-state index in [0.29, 0.717) is 18.0 Å². The van der Waals surface area contributed by atoms with Gasteiger partial charge in [-0.15, -0.1) is 0 Å². The lowest BCUT2D eigenvalue weighted by molar-refractivity contribution is -0.140. The third-order valence-corrected chi connectivity index (χ3v) is 5.26. The van der Waals surface area contributed by atoms with Gasteiger partial charge in [0.2, 0.25) is 0 Å². The van der Waals surface area contributed by atoms with Gasteiger partial charge in [-0.1, -0.05) is 11.6 Å². The third kappa shape index (κ3) is 5.34. The number of carbonyl (C=O) groups is 1. The summed E-state index contributed by atoms with van der Waals surface area (Å²) >= 11 is 5.80. The lowest BCUT2D eigenvalue weighted by Crippen LogP contribution is -2.54. The lowest BCUT2D eigenvalue weighted by atomic mass is 9.85. The Balaban J connectivity index is 1.49. The average Bonchev–Trinajstić information content (AvgIpc) is 3.27. The molecular weight excluding hydrogens is 369 g/mol. The number of benzene rings is 1. The molecule has 0 aliphatic heterocycles. The fourth-order valence-corrected chi connectivity index (χ4v) is 3.64. The fourth-order valence-electron chi connectivity index (χ4n) is 3.38. The molecule has 2 fully saturated rings. The minimum atomic E-state index is -4.42. The molecule has 2 N–H and O–H groups in total. The summed E-state index contributed by atoms with van der Waals surface area (Å²) in [7, 11) is 0. The normalized spacial score (nSPS) is 23.1. The van der Waals surface area contributed by atoms with Gasteiger partial charge in [-0.05, 0) is 55.4 Å². The molecule has 2 aliphatic rings. The summed E-state index contributed by atoms with van der Waals surface area (Å²) in [6, 6.07) is 3.98. The summed E-state index contributed by atoms with van der Waals surface area (Å²) in [5, 5.41) is 12.4. The molecule has 0 unspecified atom stereocenters. The standard InChI is InChI=1S/C18H22ClF3N2O2/c19-14-4-12(3-13(5-14)18(20,21)22)8-23-15-6-16(7-15)24(10-17(25)26)9-11-1-2-11/h3-5,11,15-16,23H,1-2,6-10H2,(H,25,26). The van der Waals surface area contributed by atoms with E-state index in [9.17, 15) is 18.0 Å². The predicted octanol–water partition coefficient (Wildman–Crippen LogP) is 3.78. The Morgan fingerprint density at radius 3 is 2.54 bits per heavy atom. The zero-order valence-electron chi connectivity index (χ0n) is 14.2. The van der Waals surface area contributed by atoms with Crippen molar-refractivity contribution in [1.82, 2.24) is 10.2 Å². The summed E-state index contributed by atoms with van der Waals surface area (Å²) in [6.07, 6.45) is -0.456. The minimum absolute atomic E-state index is 0.0527. The first kappa shape index (κ1) is 19.5. The Labute approximate surface area is 155 Å². The number of alkyl halides is 3. The molecule has 3 rings (SSSR count). The van der Waals surface area contributed by atoms with E-state index >= 15 is 0 Å². The number of hydrogen-bond donors (Lipinski definition) is 2. The van der Waals surface area contributed by atoms with E-state index in [1.54, 1.807) is 0 Å². The largest absolute Gasteiger partial charge is 0.480 e. The van der Waals surface area contributed by atoms with Gasteiger partial charge in [-0.3, -0.25) is 9.69 Å². The van der Waals surface area contributed by atoms with Gasteiger partial charge in [0.25, 0.3) is 0 Å². The molecule has 1 aromatic carbocycles. The van der Waals surface area contributed by atoms with Crippen molar-refractivity contribution in [3.63, 3.8) is 0 Å². The Morgan fingerprint density at radius 1 is 1.27 bits per heavy atom. The van der Waals surface area contributed by atoms with Crippen molar-refractivity contribution in [1.29, 1.82) is 0 Å². The van der Waals surface area contributed by atoms with Gasteiger partial charge in [0.05, 0.1) is 12.1 Å². The summed E-state index contributed by atoms with van der Waals surface area (Å²) in [6.45, 7) is 1.19. The highest BCUT2D eigenvalue weighted by atomic mass is 35.5. The topological polar surface area (TPSA) is 52.6 Å². The van der Waals surface area contributed by atoms with Gasteiger partial charge in [0, 0.05) is 30.2 Å². The summed E-state index contributed by atoms with van der Waals surface area (Å²) in [5.41, 5.74) is -0.251. The molecule has 0 aromatic heterocycles. The number of hydrogen-bond acceptors (Lipinski definition) is 3. The molecule has 144 valence electrons. The van der Waals surface area contributed by atoms with Gasteiger partial charge < -0.3 is 10.4 Å². The Morgan fingerprint density at radius 2 is 1.96 bits per heavy atom. The highest BCUT2D eigenvalue weighted by molar-refractivity contribution is 6.30. The van der Waals surface area contributed by atoms with Crippen molar-refractivity contribution in [3.8, 4) is 0 Å². The van der Waals surface area contributed by atoms with E-state index in [2.05, 4.69) is 5.32 Å². The number of aliphatic carboxylic acids is 1. The molecule has 0 amide bonds. The van der Waals surface area contributed by atoms with Crippen LogP contribution in [0, 0.1) is 5.92 Å². The zero-order valence-corrected chi connectivity index (χ0v) is 15.0. The molecule has 8 heteroatoms. The van der Waals surface area contributed by atoms with Crippen LogP contribution in [0.5, 0.6) is 0 Å². The molecule has 1 aromatic rings. The number of carboxylic acid groups (broad SMARTS) is 1. The Kier molecular flexibility index (Phi) is 5.79. The van der Waals surface area contributed by atoms with Crippen molar-refractivity contribution in [2.75, 3.05) is 13.1 Å². The Hall–Kier alpha value is -1.31. The third-order valence-electron chi connectivity index (χ3n) is 5.04. The van der Waals surface area contributed by atoms with Gasteiger partial charge in [-0.2, -0.15) is 13.2 Å². The number of carboxylic acids is 1. The van der Waals surface area contributed by atoms with Crippen molar-refractivity contribution in [2.24, 2.45) is 5.92 Å². The van der Waals surface area contributed by atoms with E-state index in [1.165, 1.54) is 18.9 Å². The molecule has 0 spiro atoms. The molecule has 0 saturated heterocycles. The van der Waals surface area contributed by atoms with Crippen LogP contribution in [0.3, 0.4) is 0 Å². The predicted molar refractivity (Wildman–Crippen MR) is 92.0 cm³/mol. The number of halogens is 4. The molecule has 2 saturated carbocycles. The maximum Gasteiger partial charge on any atom is 0.416 e. The lowest BCUT2D eigenvalue weighted by Gasteiger charge is -2.43. The van der Waals surface area contributed by atoms with Gasteiger partial charge in [0.15, 0.2) is 0 Å². The van der Waals surface area contributed by atoms with Crippen molar-refractivity contribution in [2.45, 2.75) is 50.5 Å². The maximum atomic E-state index is 12.8. The quantitative estimate of drug-likeness (QED) is 0.709. The van der Waals surface area contributed by atoms with Crippen LogP contribution in [-0.4, -0.2) is 41.1 Å². The summed E-state index contributed by atoms with van der Waals surface area (Å²) < 4.78 is 38.5. The fraction of sp³-hybridized carbons (Fsp3) is 0.611. The van der Waals surface area contributed by atoms with Crippen LogP contribution in [0.4, 0.5) is 13.2 Å². The number of nitrogens with one attached hydrogen (secondary N) is 1. The van der Waals surface area contributed by atoms with Crippen LogP contribution < -0.4 is 5.32 Å². The summed E-state index contributed by atoms with van der Waals surface area (Å²) in [4.78, 5) is 13.1. The molecule has 0 heterocycles. The van der Waals surface area contributed by atoms with E-state index in [0.717, 1.165) is 31.5 Å². The summed E-state index contributed by atoms with van der Waals surface area (Å²) in [5.74, 6) is -0.200. The molecule has 0 radical (unpaired) electrons. The SMILES string of the molecule is O=C(O)CN(CC1CC1)C1CC(NCc2cc(Cl)cc(C(F)(F)F)c2)C1. The van der Waals surface area contributed by atoms with Crippen LogP contribution in [-0.2, 0) is 17.5 Å². The smallest absolute Gasteiger partial charge is 0.416 e. The monoisotopic (exact) mass is 390 g/mol. The van der Waals surface area contributed by atoms with Crippen LogP contribution in [0.15, 0.2) is 18.2 Å². The molecule has 2 aliphatic carbocycles. The first-order valence-electron chi connectivity index (χ1n) is 8.76. The minimum Gasteiger partial charge on any atom is -0.480 e. The van der Waals surface area contributed by atoms with Gasteiger partial charge >= 0.3 is 12.1 Å². The van der Waals surface area contributed by atoms with Gasteiger partial charge in [-0.25, -0.2) is 0 Å². The molecular formula is C18H22ClF3N2O2. The highest BCUT2D eigenvalue weighted by Crippen LogP contribution is 2.34. The van der Waals surface area contributed by atoms with Crippen LogP contribution in [0.2, 0.25) is 5.02 Å². The second-order valence-corrected chi connectivity index (χ2v) is 7.75. The second kappa shape index (κ2) is 7.74. The maximum absolute atomic E-state index is 12.8. The van der Waals surface area contributed by atoms with Crippen LogP contribution in [0.25, 0.3) is 0 Å². The number of nitrogens with zero attached hydrogens (tertiary/aromatic N) is 1. The highest BCUT2D eigenvalue weighted by Gasteiger charge is 2.37. The van der Waals surface area contributed by atoms with E-state index in [-0.39, 0.29) is 23.7 Å². The zero-order chi connectivity index (χ0) is 18.9. The van der Waals surface area contributed by atoms with E-state index in [4.69, 9.17) is 16.7 Å². The van der Waals surface area contributed by atoms with Crippen molar-refractivity contribution < 1.29 is 23.1 Å². The first-order valence-corrected chi connectivity index (χ1v) is 9.14. The molecule has 0 bridgehead atoms. The molecule has 26 heavy (non-hydrogen) atoms. The second-order valence-electron chi connectivity index (χ2n) is 7.32. The first-order chi connectivity index (χ1) is 12.2. The number of rotatable bonds is 8. The van der Waals surface area contributed by atoms with Crippen LogP contribution in [0.1, 0.15) is 36.8 Å².